The van der Waals surface area contributed by atoms with Crippen molar-refractivity contribution in [1.82, 2.24) is 0 Å². The summed E-state index contributed by atoms with van der Waals surface area (Å²) in [5, 5.41) is 25.0. The number of ether oxygens (including phenoxy) is 1. The van der Waals surface area contributed by atoms with Crippen LogP contribution in [0.15, 0.2) is 28.0 Å². The number of carbonyl (C=O) groups is 2. The number of nitrogens with one attached hydrogen (secondary N) is 1. The Morgan fingerprint density at radius 1 is 1.35 bits per heavy atom. The molecule has 0 bridgehead atoms. The van der Waals surface area contributed by atoms with Crippen molar-refractivity contribution < 1.29 is 14.3 Å². The summed E-state index contributed by atoms with van der Waals surface area (Å²) in [6.45, 7) is 0. The third-order valence-electron chi connectivity index (χ3n) is 2.63. The zero-order valence-electron chi connectivity index (χ0n) is 11.7. The Morgan fingerprint density at radius 2 is 2.13 bits per heavy atom. The Labute approximate surface area is 139 Å². The Hall–Kier alpha value is -3.01. The molecule has 9 heteroatoms. The number of hydrogen-bond donors (Lipinski definition) is 1. The number of carbonyl (C=O) groups excluding carboxylic acids is 2. The van der Waals surface area contributed by atoms with Crippen LogP contribution < -0.4 is 5.43 Å². The van der Waals surface area contributed by atoms with Crippen LogP contribution in [-0.4, -0.2) is 24.6 Å². The van der Waals surface area contributed by atoms with Crippen LogP contribution in [0.25, 0.3) is 0 Å². The topological polar surface area (TPSA) is 115 Å². The number of methoxy groups -OCH3 is 1. The van der Waals surface area contributed by atoms with Crippen molar-refractivity contribution in [3.8, 4) is 12.1 Å². The standard InChI is InChI=1S/C14H8N4O3S2/c1-21-14(20)13-11(8(5-15)7-23-13)18-17-9(6-16)12(19)10-3-2-4-22-10/h2-4,7,18H,1H3/b17-9+. The maximum atomic E-state index is 12.1. The lowest BCUT2D eigenvalue weighted by molar-refractivity contribution is 0.0607. The van der Waals surface area contributed by atoms with Crippen molar-refractivity contribution in [1.29, 1.82) is 10.5 Å². The molecule has 0 atom stereocenters. The molecule has 0 unspecified atom stereocenters. The number of ketones is 1. The van der Waals surface area contributed by atoms with Gasteiger partial charge in [0, 0.05) is 5.38 Å². The zero-order valence-corrected chi connectivity index (χ0v) is 13.3. The number of nitriles is 2. The van der Waals surface area contributed by atoms with Crippen LogP contribution in [0.3, 0.4) is 0 Å². The van der Waals surface area contributed by atoms with Crippen molar-refractivity contribution in [3.63, 3.8) is 0 Å². The molecule has 0 aliphatic rings. The minimum atomic E-state index is -0.641. The normalized spacial score (nSPS) is 10.5. The molecule has 2 aromatic rings. The molecule has 2 aromatic heterocycles. The van der Waals surface area contributed by atoms with Gasteiger partial charge in [-0.3, -0.25) is 10.2 Å². The van der Waals surface area contributed by atoms with Gasteiger partial charge in [-0.1, -0.05) is 6.07 Å². The first kappa shape index (κ1) is 16.4. The van der Waals surface area contributed by atoms with Gasteiger partial charge in [-0.15, -0.1) is 22.7 Å². The molecule has 0 aliphatic carbocycles. The molecule has 0 amide bonds. The summed E-state index contributed by atoms with van der Waals surface area (Å²) in [6, 6.07) is 6.86. The number of thiophene rings is 2. The molecule has 114 valence electrons. The summed E-state index contributed by atoms with van der Waals surface area (Å²) < 4.78 is 4.62. The van der Waals surface area contributed by atoms with Crippen LogP contribution in [0.5, 0.6) is 0 Å². The number of esters is 1. The molecule has 2 heterocycles. The minimum absolute atomic E-state index is 0.107. The number of anilines is 1. The van der Waals surface area contributed by atoms with Crippen molar-refractivity contribution >= 4 is 45.8 Å². The average Bonchev–Trinajstić information content (AvgIpc) is 3.23. The predicted octanol–water partition coefficient (Wildman–Crippen LogP) is 2.64. The van der Waals surface area contributed by atoms with Gasteiger partial charge in [0.2, 0.25) is 11.5 Å². The van der Waals surface area contributed by atoms with Crippen LogP contribution in [-0.2, 0) is 4.74 Å². The van der Waals surface area contributed by atoms with Gasteiger partial charge in [-0.25, -0.2) is 4.79 Å². The smallest absolute Gasteiger partial charge is 0.350 e. The molecule has 0 aromatic carbocycles. The summed E-state index contributed by atoms with van der Waals surface area (Å²) in [4.78, 5) is 24.2. The van der Waals surface area contributed by atoms with E-state index in [1.807, 2.05) is 6.07 Å². The highest BCUT2D eigenvalue weighted by Gasteiger charge is 2.20. The fraction of sp³-hybridized carbons (Fsp3) is 0.0714. The Morgan fingerprint density at radius 3 is 2.70 bits per heavy atom. The van der Waals surface area contributed by atoms with Crippen LogP contribution in [0.1, 0.15) is 24.9 Å². The van der Waals surface area contributed by atoms with Gasteiger partial charge in [0.15, 0.2) is 0 Å². The molecule has 0 spiro atoms. The van der Waals surface area contributed by atoms with E-state index in [0.29, 0.717) is 4.88 Å². The molecule has 7 nitrogen and oxygen atoms in total. The van der Waals surface area contributed by atoms with E-state index in [4.69, 9.17) is 10.5 Å². The first-order valence-corrected chi connectivity index (χ1v) is 7.80. The molecule has 0 radical (unpaired) electrons. The monoisotopic (exact) mass is 344 g/mol. The van der Waals surface area contributed by atoms with Crippen LogP contribution in [0, 0.1) is 22.7 Å². The van der Waals surface area contributed by atoms with E-state index < -0.39 is 11.8 Å². The lowest BCUT2D eigenvalue weighted by atomic mass is 10.2. The number of Topliss-reactive ketones (excluding diaryl/α,β-unsaturated/α-hetero) is 1. The van der Waals surface area contributed by atoms with Crippen LogP contribution in [0.4, 0.5) is 5.69 Å². The lowest BCUT2D eigenvalue weighted by Gasteiger charge is -2.03. The van der Waals surface area contributed by atoms with Crippen LogP contribution in [0.2, 0.25) is 0 Å². The van der Waals surface area contributed by atoms with Gasteiger partial charge in [-0.05, 0) is 11.4 Å². The van der Waals surface area contributed by atoms with Gasteiger partial charge in [-0.2, -0.15) is 15.6 Å². The van der Waals surface area contributed by atoms with Gasteiger partial charge >= 0.3 is 5.97 Å². The predicted molar refractivity (Wildman–Crippen MR) is 85.7 cm³/mol. The minimum Gasteiger partial charge on any atom is -0.465 e. The van der Waals surface area contributed by atoms with Crippen LogP contribution >= 0.6 is 22.7 Å². The highest BCUT2D eigenvalue weighted by atomic mass is 32.1. The summed E-state index contributed by atoms with van der Waals surface area (Å²) in [5.74, 6) is -1.18. The molecular weight excluding hydrogens is 336 g/mol. The maximum Gasteiger partial charge on any atom is 0.350 e. The van der Waals surface area contributed by atoms with Crippen molar-refractivity contribution in [3.05, 3.63) is 38.2 Å². The number of hydrazone groups is 1. The second kappa shape index (κ2) is 7.31. The summed E-state index contributed by atoms with van der Waals surface area (Å²) in [7, 11) is 1.21. The Balaban J connectivity index is 2.33. The van der Waals surface area contributed by atoms with E-state index in [1.165, 1.54) is 23.8 Å². The molecule has 0 aliphatic heterocycles. The van der Waals surface area contributed by atoms with Gasteiger partial charge in [0.05, 0.1) is 23.2 Å². The zero-order chi connectivity index (χ0) is 16.8. The fourth-order valence-electron chi connectivity index (χ4n) is 1.56. The molecule has 0 fully saturated rings. The largest absolute Gasteiger partial charge is 0.465 e. The summed E-state index contributed by atoms with van der Waals surface area (Å²) in [6.07, 6.45) is 0. The molecule has 0 saturated carbocycles. The third-order valence-corrected chi connectivity index (χ3v) is 4.46. The first-order chi connectivity index (χ1) is 11.1. The molecular formula is C14H8N4O3S2. The SMILES string of the molecule is COC(=O)c1scc(C#N)c1N/N=C(\C#N)C(=O)c1cccs1. The van der Waals surface area contributed by atoms with E-state index in [0.717, 1.165) is 11.3 Å². The number of rotatable bonds is 5. The van der Waals surface area contributed by atoms with Crippen molar-refractivity contribution in [2.45, 2.75) is 0 Å². The third kappa shape index (κ3) is 3.43. The van der Waals surface area contributed by atoms with E-state index in [1.54, 1.807) is 23.6 Å². The van der Waals surface area contributed by atoms with E-state index in [2.05, 4.69) is 15.3 Å². The van der Waals surface area contributed by atoms with Gasteiger partial charge in [0.25, 0.3) is 0 Å². The second-order valence-corrected chi connectivity index (χ2v) is 5.77. The van der Waals surface area contributed by atoms with E-state index >= 15 is 0 Å². The van der Waals surface area contributed by atoms with Gasteiger partial charge in [0.1, 0.15) is 17.0 Å². The molecule has 0 saturated heterocycles. The summed E-state index contributed by atoms with van der Waals surface area (Å²) >= 11 is 2.19. The highest BCUT2D eigenvalue weighted by Crippen LogP contribution is 2.28. The lowest BCUT2D eigenvalue weighted by Crippen LogP contribution is -2.13. The van der Waals surface area contributed by atoms with Crippen molar-refractivity contribution in [2.24, 2.45) is 5.10 Å². The Bertz CT molecular complexity index is 854. The van der Waals surface area contributed by atoms with Crippen molar-refractivity contribution in [2.75, 3.05) is 12.5 Å². The average molecular weight is 344 g/mol. The molecule has 23 heavy (non-hydrogen) atoms. The van der Waals surface area contributed by atoms with E-state index in [-0.39, 0.29) is 21.8 Å². The number of nitrogens with zero attached hydrogens (tertiary/aromatic N) is 3. The maximum absolute atomic E-state index is 12.1. The second-order valence-electron chi connectivity index (χ2n) is 3.95. The van der Waals surface area contributed by atoms with Gasteiger partial charge < -0.3 is 4.74 Å². The Kier molecular flexibility index (Phi) is 5.20. The highest BCUT2D eigenvalue weighted by molar-refractivity contribution is 7.13. The van der Waals surface area contributed by atoms with E-state index in [9.17, 15) is 9.59 Å². The first-order valence-electron chi connectivity index (χ1n) is 6.04. The fourth-order valence-corrected chi connectivity index (χ4v) is 3.08. The quantitative estimate of drug-likeness (QED) is 0.386. The summed E-state index contributed by atoms with van der Waals surface area (Å²) in [5.41, 5.74) is 2.36. The number of hydrogen-bond acceptors (Lipinski definition) is 9. The molecule has 2 rings (SSSR count). The molecule has 1 N–H and O–H groups in total.